The van der Waals surface area contributed by atoms with Crippen LogP contribution in [0.3, 0.4) is 0 Å². The Bertz CT molecular complexity index is 1470. The zero-order chi connectivity index (χ0) is 27.0. The number of carbonyl (C=O) groups excluding carboxylic acids is 2. The number of hydrogen-bond donors (Lipinski definition) is 1. The smallest absolute Gasteiger partial charge is 0.337 e. The van der Waals surface area contributed by atoms with Gasteiger partial charge in [0.2, 0.25) is 5.16 Å². The van der Waals surface area contributed by atoms with Crippen molar-refractivity contribution in [1.82, 2.24) is 14.9 Å². The van der Waals surface area contributed by atoms with Gasteiger partial charge in [0.15, 0.2) is 11.6 Å². The van der Waals surface area contributed by atoms with Crippen molar-refractivity contribution in [2.45, 2.75) is 49.6 Å². The van der Waals surface area contributed by atoms with E-state index in [4.69, 9.17) is 4.74 Å². The number of esters is 1. The number of nitrogens with one attached hydrogen (secondary N) is 1. The first-order valence-corrected chi connectivity index (χ1v) is 13.3. The molecule has 8 heteroatoms. The Morgan fingerprint density at radius 3 is 2.13 bits per heavy atom. The molecule has 2 heterocycles. The van der Waals surface area contributed by atoms with E-state index in [1.165, 1.54) is 24.4 Å². The van der Waals surface area contributed by atoms with E-state index in [2.05, 4.69) is 48.5 Å². The molecule has 0 radical (unpaired) electrons. The van der Waals surface area contributed by atoms with Gasteiger partial charge < -0.3 is 10.2 Å². The van der Waals surface area contributed by atoms with Gasteiger partial charge in [-0.1, -0.05) is 98.8 Å². The number of ether oxygens (including phenoxy) is 1. The molecule has 0 spiro atoms. The lowest BCUT2D eigenvalue weighted by atomic mass is 9.87. The van der Waals surface area contributed by atoms with Gasteiger partial charge >= 0.3 is 5.97 Å². The van der Waals surface area contributed by atoms with Crippen LogP contribution in [0.15, 0.2) is 78.0 Å². The third kappa shape index (κ3) is 4.96. The fraction of sp³-hybridized carbons (Fsp3) is 0.267. The van der Waals surface area contributed by atoms with Crippen molar-refractivity contribution in [3.05, 3.63) is 101 Å². The molecule has 1 aromatic heterocycles. The van der Waals surface area contributed by atoms with Gasteiger partial charge in [0.1, 0.15) is 5.25 Å². The normalized spacial score (nSPS) is 16.9. The Morgan fingerprint density at radius 2 is 1.53 bits per heavy atom. The van der Waals surface area contributed by atoms with Gasteiger partial charge in [-0.2, -0.15) is 0 Å². The molecule has 3 aromatic carbocycles. The van der Waals surface area contributed by atoms with Crippen molar-refractivity contribution in [1.29, 1.82) is 0 Å². The number of nitrogens with zero attached hydrogens (tertiary/aromatic N) is 3. The monoisotopic (exact) mass is 526 g/mol. The summed E-state index contributed by atoms with van der Waals surface area (Å²) in [5.41, 5.74) is 8.75. The molecule has 0 fully saturated rings. The van der Waals surface area contributed by atoms with Crippen LogP contribution < -0.4 is 5.43 Å². The maximum absolute atomic E-state index is 13.7. The molecule has 7 nitrogen and oxygen atoms in total. The minimum atomic E-state index is -0.491. The Hall–Kier alpha value is -3.91. The van der Waals surface area contributed by atoms with Crippen LogP contribution in [0.4, 0.5) is 0 Å². The van der Waals surface area contributed by atoms with Crippen LogP contribution in [0.5, 0.6) is 0 Å². The van der Waals surface area contributed by atoms with Crippen LogP contribution in [-0.2, 0) is 10.2 Å². The predicted molar refractivity (Wildman–Crippen MR) is 149 cm³/mol. The molecule has 0 amide bonds. The largest absolute Gasteiger partial charge is 0.465 e. The fourth-order valence-corrected chi connectivity index (χ4v) is 5.59. The SMILES string of the molecule is COC(=O)c1ccc([C@@H]2Nn3c(nnc3-c3ccc(C(C)(C)C)cc3)S[C@@H]2C(=O)c2ccc(C)cc2)cc1. The maximum atomic E-state index is 13.7. The summed E-state index contributed by atoms with van der Waals surface area (Å²) in [4.78, 5) is 25.7. The Kier molecular flexibility index (Phi) is 6.84. The molecular weight excluding hydrogens is 496 g/mol. The molecule has 1 aliphatic rings. The summed E-state index contributed by atoms with van der Waals surface area (Å²) in [7, 11) is 1.36. The van der Waals surface area contributed by atoms with Gasteiger partial charge in [0, 0.05) is 11.1 Å². The average molecular weight is 527 g/mol. The summed E-state index contributed by atoms with van der Waals surface area (Å²) in [6.07, 6.45) is 0. The minimum absolute atomic E-state index is 0.00475. The van der Waals surface area contributed by atoms with E-state index in [1.54, 1.807) is 12.1 Å². The van der Waals surface area contributed by atoms with Gasteiger partial charge in [-0.25, -0.2) is 9.47 Å². The van der Waals surface area contributed by atoms with Crippen molar-refractivity contribution < 1.29 is 14.3 Å². The van der Waals surface area contributed by atoms with Crippen molar-refractivity contribution in [3.8, 4) is 11.4 Å². The van der Waals surface area contributed by atoms with Crippen LogP contribution in [0.25, 0.3) is 11.4 Å². The van der Waals surface area contributed by atoms with E-state index in [0.717, 1.165) is 16.7 Å². The lowest BCUT2D eigenvalue weighted by Crippen LogP contribution is -2.39. The summed E-state index contributed by atoms with van der Waals surface area (Å²) in [5, 5.41) is 9.02. The molecule has 38 heavy (non-hydrogen) atoms. The highest BCUT2D eigenvalue weighted by Crippen LogP contribution is 2.40. The minimum Gasteiger partial charge on any atom is -0.465 e. The van der Waals surface area contributed by atoms with Crippen LogP contribution in [-0.4, -0.2) is 39.0 Å². The standard InChI is InChI=1S/C30H30N4O3S/c1-18-6-8-20(9-7-18)25(35)26-24(19-10-12-22(13-11-19)28(36)37-5)33-34-27(31-32-29(34)38-26)21-14-16-23(17-15-21)30(2,3)4/h6-17,24,26,33H,1-5H3/t24-,26-/m0/s1. The molecule has 4 aromatic rings. The first-order valence-electron chi connectivity index (χ1n) is 12.4. The molecule has 194 valence electrons. The van der Waals surface area contributed by atoms with Gasteiger partial charge in [-0.05, 0) is 35.6 Å². The molecular formula is C30H30N4O3S. The Morgan fingerprint density at radius 1 is 0.895 bits per heavy atom. The van der Waals surface area contributed by atoms with Crippen molar-refractivity contribution in [3.63, 3.8) is 0 Å². The second-order valence-electron chi connectivity index (χ2n) is 10.5. The third-order valence-corrected chi connectivity index (χ3v) is 7.95. The number of aromatic nitrogens is 3. The first kappa shape index (κ1) is 25.7. The van der Waals surface area contributed by atoms with Crippen molar-refractivity contribution in [2.24, 2.45) is 0 Å². The fourth-order valence-electron chi connectivity index (χ4n) is 4.44. The highest BCUT2D eigenvalue weighted by Gasteiger charge is 2.38. The number of aryl methyl sites for hydroxylation is 1. The molecule has 0 bridgehead atoms. The maximum Gasteiger partial charge on any atom is 0.337 e. The Labute approximate surface area is 226 Å². The number of thioether (sulfide) groups is 1. The number of hydrogen-bond acceptors (Lipinski definition) is 7. The van der Waals surface area contributed by atoms with Gasteiger partial charge in [0.25, 0.3) is 0 Å². The number of benzene rings is 3. The van der Waals surface area contributed by atoms with Gasteiger partial charge in [-0.15, -0.1) is 10.2 Å². The number of carbonyl (C=O) groups is 2. The van der Waals surface area contributed by atoms with Crippen LogP contribution in [0.1, 0.15) is 64.2 Å². The van der Waals surface area contributed by atoms with Crippen molar-refractivity contribution in [2.75, 3.05) is 12.5 Å². The number of rotatable bonds is 5. The number of Topliss-reactive ketones (excluding diaryl/α,β-unsaturated/α-hetero) is 1. The van der Waals surface area contributed by atoms with E-state index in [1.807, 2.05) is 60.1 Å². The van der Waals surface area contributed by atoms with E-state index in [-0.39, 0.29) is 11.2 Å². The number of fused-ring (bicyclic) bond motifs is 1. The molecule has 5 rings (SSSR count). The quantitative estimate of drug-likeness (QED) is 0.253. The highest BCUT2D eigenvalue weighted by molar-refractivity contribution is 8.00. The van der Waals surface area contributed by atoms with Gasteiger partial charge in [0.05, 0.1) is 18.7 Å². The molecule has 1 N–H and O–H groups in total. The number of ketones is 1. The summed E-state index contributed by atoms with van der Waals surface area (Å²) >= 11 is 1.39. The molecule has 0 unspecified atom stereocenters. The summed E-state index contributed by atoms with van der Waals surface area (Å²) in [6, 6.07) is 22.7. The van der Waals surface area contributed by atoms with E-state index < -0.39 is 17.3 Å². The predicted octanol–water partition coefficient (Wildman–Crippen LogP) is 5.98. The van der Waals surface area contributed by atoms with E-state index in [0.29, 0.717) is 22.1 Å². The lowest BCUT2D eigenvalue weighted by molar-refractivity contribution is 0.0600. The summed E-state index contributed by atoms with van der Waals surface area (Å²) < 4.78 is 6.70. The molecule has 0 aliphatic carbocycles. The topological polar surface area (TPSA) is 86.1 Å². The van der Waals surface area contributed by atoms with Gasteiger partial charge in [-0.3, -0.25) is 4.79 Å². The lowest BCUT2D eigenvalue weighted by Gasteiger charge is -2.33. The Balaban J connectivity index is 1.53. The van der Waals surface area contributed by atoms with Crippen molar-refractivity contribution >= 4 is 23.5 Å². The van der Waals surface area contributed by atoms with Crippen LogP contribution in [0, 0.1) is 6.92 Å². The third-order valence-electron chi connectivity index (χ3n) is 6.73. The molecule has 0 saturated carbocycles. The second-order valence-corrected chi connectivity index (χ2v) is 11.6. The zero-order valence-corrected chi connectivity index (χ0v) is 22.9. The van der Waals surface area contributed by atoms with E-state index in [9.17, 15) is 9.59 Å². The summed E-state index contributed by atoms with van der Waals surface area (Å²) in [6.45, 7) is 8.54. The summed E-state index contributed by atoms with van der Waals surface area (Å²) in [5.74, 6) is 0.261. The molecule has 1 aliphatic heterocycles. The van der Waals surface area contributed by atoms with E-state index >= 15 is 0 Å². The molecule has 0 saturated heterocycles. The second kappa shape index (κ2) is 10.1. The zero-order valence-electron chi connectivity index (χ0n) is 22.1. The highest BCUT2D eigenvalue weighted by atomic mass is 32.2. The van der Waals surface area contributed by atoms with Crippen LogP contribution in [0.2, 0.25) is 0 Å². The average Bonchev–Trinajstić information content (AvgIpc) is 3.34. The molecule has 2 atom stereocenters. The first-order chi connectivity index (χ1) is 18.2. The number of methoxy groups -OCH3 is 1. The van der Waals surface area contributed by atoms with Crippen LogP contribution >= 0.6 is 11.8 Å².